The number of benzene rings is 1. The Morgan fingerprint density at radius 1 is 1.30 bits per heavy atom. The first kappa shape index (κ1) is 16.0. The van der Waals surface area contributed by atoms with Crippen molar-refractivity contribution in [2.24, 2.45) is 0 Å². The lowest BCUT2D eigenvalue weighted by molar-refractivity contribution is 0.102. The smallest absolute Gasteiger partial charge is 0.259 e. The summed E-state index contributed by atoms with van der Waals surface area (Å²) in [4.78, 5) is 17.0. The van der Waals surface area contributed by atoms with Gasteiger partial charge in [-0.2, -0.15) is 0 Å². The third kappa shape index (κ3) is 2.99. The summed E-state index contributed by atoms with van der Waals surface area (Å²) in [6, 6.07) is 7.75. The average Bonchev–Trinajstić information content (AvgIpc) is 2.98. The molecule has 1 amide bonds. The van der Waals surface area contributed by atoms with E-state index in [2.05, 4.69) is 28.7 Å². The van der Waals surface area contributed by atoms with E-state index in [0.717, 1.165) is 21.6 Å². The Labute approximate surface area is 144 Å². The van der Waals surface area contributed by atoms with Crippen LogP contribution in [0.25, 0.3) is 10.2 Å². The van der Waals surface area contributed by atoms with Gasteiger partial charge in [0.15, 0.2) is 5.13 Å². The van der Waals surface area contributed by atoms with Crippen LogP contribution in [0.2, 0.25) is 5.02 Å². The van der Waals surface area contributed by atoms with Gasteiger partial charge in [0.1, 0.15) is 0 Å². The molecule has 0 saturated carbocycles. The molecule has 0 aliphatic heterocycles. The van der Waals surface area contributed by atoms with Crippen molar-refractivity contribution < 1.29 is 4.79 Å². The second kappa shape index (κ2) is 5.98. The first-order valence-corrected chi connectivity index (χ1v) is 8.62. The predicted octanol–water partition coefficient (Wildman–Crippen LogP) is 5.20. The molecule has 1 aromatic carbocycles. The van der Waals surface area contributed by atoms with E-state index in [9.17, 15) is 4.79 Å². The maximum Gasteiger partial charge on any atom is 0.259 e. The van der Waals surface area contributed by atoms with Gasteiger partial charge in [-0.05, 0) is 52.0 Å². The van der Waals surface area contributed by atoms with Gasteiger partial charge in [0.2, 0.25) is 0 Å². The molecule has 2 heterocycles. The Balaban J connectivity index is 1.90. The molecular formula is C17H18ClN3OS. The number of hydrogen-bond donors (Lipinski definition) is 1. The molecule has 1 N–H and O–H groups in total. The van der Waals surface area contributed by atoms with Crippen LogP contribution >= 0.6 is 22.9 Å². The van der Waals surface area contributed by atoms with Gasteiger partial charge in [0.25, 0.3) is 5.91 Å². The number of halogens is 1. The minimum atomic E-state index is -0.129. The first-order valence-electron chi connectivity index (χ1n) is 7.42. The fourth-order valence-corrected chi connectivity index (χ4v) is 4.05. The standard InChI is InChI=1S/C17H18ClN3OS/c1-9(2)21-10(3)7-13(11(21)4)16(22)20-17-19-14-6-5-12(18)8-15(14)23-17/h5-9H,1-4H3,(H,19,20,22). The molecule has 0 atom stereocenters. The van der Waals surface area contributed by atoms with Gasteiger partial charge < -0.3 is 4.57 Å². The van der Waals surface area contributed by atoms with Gasteiger partial charge in [-0.15, -0.1) is 0 Å². The van der Waals surface area contributed by atoms with Crippen molar-refractivity contribution >= 4 is 44.2 Å². The first-order chi connectivity index (χ1) is 10.9. The Hall–Kier alpha value is -1.85. The van der Waals surface area contributed by atoms with Gasteiger partial charge in [0, 0.05) is 22.5 Å². The summed E-state index contributed by atoms with van der Waals surface area (Å²) >= 11 is 7.41. The number of nitrogens with one attached hydrogen (secondary N) is 1. The molecule has 0 saturated heterocycles. The Bertz CT molecular complexity index is 895. The third-order valence-electron chi connectivity index (χ3n) is 3.82. The van der Waals surface area contributed by atoms with Gasteiger partial charge in [-0.1, -0.05) is 22.9 Å². The molecule has 23 heavy (non-hydrogen) atoms. The van der Waals surface area contributed by atoms with Crippen LogP contribution in [0.1, 0.15) is 41.6 Å². The van der Waals surface area contributed by atoms with Gasteiger partial charge >= 0.3 is 0 Å². The summed E-state index contributed by atoms with van der Waals surface area (Å²) < 4.78 is 3.12. The molecule has 0 unspecified atom stereocenters. The lowest BCUT2D eigenvalue weighted by Gasteiger charge is -2.13. The number of aromatic nitrogens is 2. The third-order valence-corrected chi connectivity index (χ3v) is 4.99. The van der Waals surface area contributed by atoms with Crippen molar-refractivity contribution in [3.05, 3.63) is 46.2 Å². The molecule has 0 bridgehead atoms. The van der Waals surface area contributed by atoms with E-state index in [1.54, 1.807) is 6.07 Å². The number of thiazole rings is 1. The highest BCUT2D eigenvalue weighted by Gasteiger charge is 2.18. The van der Waals surface area contributed by atoms with Crippen LogP contribution in [-0.4, -0.2) is 15.5 Å². The molecule has 0 radical (unpaired) electrons. The highest BCUT2D eigenvalue weighted by molar-refractivity contribution is 7.22. The molecule has 0 aliphatic carbocycles. The van der Waals surface area contributed by atoms with Crippen molar-refractivity contribution in [1.82, 2.24) is 9.55 Å². The summed E-state index contributed by atoms with van der Waals surface area (Å²) in [7, 11) is 0. The number of fused-ring (bicyclic) bond motifs is 1. The second-order valence-corrected chi connectivity index (χ2v) is 7.30. The summed E-state index contributed by atoms with van der Waals surface area (Å²) in [6.07, 6.45) is 0. The van der Waals surface area contributed by atoms with E-state index < -0.39 is 0 Å². The zero-order valence-corrected chi connectivity index (χ0v) is 15.0. The Morgan fingerprint density at radius 3 is 2.70 bits per heavy atom. The van der Waals surface area contributed by atoms with Crippen LogP contribution in [0.5, 0.6) is 0 Å². The number of aryl methyl sites for hydroxylation is 1. The maximum absolute atomic E-state index is 12.6. The fourth-order valence-electron chi connectivity index (χ4n) is 2.92. The quantitative estimate of drug-likeness (QED) is 0.707. The highest BCUT2D eigenvalue weighted by Crippen LogP contribution is 2.29. The number of hydrogen-bond acceptors (Lipinski definition) is 3. The molecule has 3 rings (SSSR count). The predicted molar refractivity (Wildman–Crippen MR) is 96.9 cm³/mol. The Morgan fingerprint density at radius 2 is 2.04 bits per heavy atom. The zero-order valence-electron chi connectivity index (χ0n) is 13.5. The monoisotopic (exact) mass is 347 g/mol. The van der Waals surface area contributed by atoms with Crippen molar-refractivity contribution in [1.29, 1.82) is 0 Å². The zero-order chi connectivity index (χ0) is 16.7. The molecule has 6 heteroatoms. The Kier molecular flexibility index (Phi) is 4.17. The van der Waals surface area contributed by atoms with E-state index in [0.29, 0.717) is 21.8 Å². The summed E-state index contributed by atoms with van der Waals surface area (Å²) in [5.74, 6) is -0.129. The molecule has 0 aliphatic rings. The normalized spacial score (nSPS) is 11.4. The average molecular weight is 348 g/mol. The lowest BCUT2D eigenvalue weighted by atomic mass is 10.2. The van der Waals surface area contributed by atoms with Gasteiger partial charge in [-0.25, -0.2) is 4.98 Å². The topological polar surface area (TPSA) is 46.9 Å². The second-order valence-electron chi connectivity index (χ2n) is 5.83. The van der Waals surface area contributed by atoms with E-state index in [1.807, 2.05) is 32.0 Å². The van der Waals surface area contributed by atoms with Crippen molar-refractivity contribution in [3.8, 4) is 0 Å². The molecule has 0 spiro atoms. The highest BCUT2D eigenvalue weighted by atomic mass is 35.5. The number of amides is 1. The summed E-state index contributed by atoms with van der Waals surface area (Å²) in [5, 5.41) is 4.15. The summed E-state index contributed by atoms with van der Waals surface area (Å²) in [6.45, 7) is 8.21. The van der Waals surface area contributed by atoms with Crippen LogP contribution in [-0.2, 0) is 0 Å². The SMILES string of the molecule is Cc1cc(C(=O)Nc2nc3ccc(Cl)cc3s2)c(C)n1C(C)C. The largest absolute Gasteiger partial charge is 0.346 e. The summed E-state index contributed by atoms with van der Waals surface area (Å²) in [5.41, 5.74) is 3.58. The fraction of sp³-hybridized carbons (Fsp3) is 0.294. The number of rotatable bonds is 3. The molecule has 4 nitrogen and oxygen atoms in total. The molecule has 2 aromatic heterocycles. The van der Waals surface area contributed by atoms with Crippen LogP contribution in [0.15, 0.2) is 24.3 Å². The van der Waals surface area contributed by atoms with Gasteiger partial charge in [0.05, 0.1) is 15.8 Å². The van der Waals surface area contributed by atoms with Crippen molar-refractivity contribution in [3.63, 3.8) is 0 Å². The van der Waals surface area contributed by atoms with Crippen LogP contribution < -0.4 is 5.32 Å². The molecule has 3 aromatic rings. The lowest BCUT2D eigenvalue weighted by Crippen LogP contribution is -2.13. The van der Waals surface area contributed by atoms with E-state index in [1.165, 1.54) is 11.3 Å². The molecule has 0 fully saturated rings. The van der Waals surface area contributed by atoms with E-state index >= 15 is 0 Å². The minimum absolute atomic E-state index is 0.129. The number of anilines is 1. The van der Waals surface area contributed by atoms with Gasteiger partial charge in [-0.3, -0.25) is 10.1 Å². The number of nitrogens with zero attached hydrogens (tertiary/aromatic N) is 2. The number of carbonyl (C=O) groups excluding carboxylic acids is 1. The van der Waals surface area contributed by atoms with Crippen LogP contribution in [0.4, 0.5) is 5.13 Å². The molecule has 120 valence electrons. The van der Waals surface area contributed by atoms with E-state index in [-0.39, 0.29) is 5.91 Å². The number of carbonyl (C=O) groups is 1. The maximum atomic E-state index is 12.6. The van der Waals surface area contributed by atoms with Crippen LogP contribution in [0, 0.1) is 13.8 Å². The van der Waals surface area contributed by atoms with E-state index in [4.69, 9.17) is 11.6 Å². The van der Waals surface area contributed by atoms with Crippen molar-refractivity contribution in [2.45, 2.75) is 33.7 Å². The molecular weight excluding hydrogens is 330 g/mol. The van der Waals surface area contributed by atoms with Crippen molar-refractivity contribution in [2.75, 3.05) is 5.32 Å². The minimum Gasteiger partial charge on any atom is -0.346 e. The van der Waals surface area contributed by atoms with Crippen LogP contribution in [0.3, 0.4) is 0 Å².